The number of benzene rings is 1. The van der Waals surface area contributed by atoms with Gasteiger partial charge in [0.2, 0.25) is 0 Å². The van der Waals surface area contributed by atoms with E-state index in [4.69, 9.17) is 5.11 Å². The van der Waals surface area contributed by atoms with Crippen molar-refractivity contribution in [2.24, 2.45) is 5.92 Å². The van der Waals surface area contributed by atoms with E-state index >= 15 is 0 Å². The van der Waals surface area contributed by atoms with E-state index in [1.807, 2.05) is 25.1 Å². The van der Waals surface area contributed by atoms with Gasteiger partial charge in [0.15, 0.2) is 0 Å². The second-order valence-corrected chi connectivity index (χ2v) is 4.99. The average molecular weight is 224 g/mol. The van der Waals surface area contributed by atoms with Gasteiger partial charge in [0.05, 0.1) is 5.92 Å². The summed E-state index contributed by atoms with van der Waals surface area (Å²) in [6, 6.07) is 10.1. The fourth-order valence-corrected chi connectivity index (χ4v) is 2.20. The van der Waals surface area contributed by atoms with Crippen molar-refractivity contribution in [3.63, 3.8) is 0 Å². The third kappa shape index (κ3) is 3.96. The number of carboxylic acid groups (broad SMARTS) is 1. The number of thioether (sulfide) groups is 1. The van der Waals surface area contributed by atoms with Crippen molar-refractivity contribution in [2.45, 2.75) is 24.9 Å². The number of hydrogen-bond donors (Lipinski definition) is 1. The molecule has 0 radical (unpaired) electrons. The monoisotopic (exact) mass is 224 g/mol. The van der Waals surface area contributed by atoms with Gasteiger partial charge in [0.25, 0.3) is 0 Å². The highest BCUT2D eigenvalue weighted by atomic mass is 32.2. The van der Waals surface area contributed by atoms with Crippen LogP contribution in [0, 0.1) is 5.92 Å². The quantitative estimate of drug-likeness (QED) is 0.835. The Morgan fingerprint density at radius 3 is 2.47 bits per heavy atom. The maximum absolute atomic E-state index is 10.7. The summed E-state index contributed by atoms with van der Waals surface area (Å²) in [5, 5.41) is 8.98. The topological polar surface area (TPSA) is 37.3 Å². The standard InChI is InChI=1S/C12H16O2S/c1-9(12(13)14)10(2)15-8-11-6-4-3-5-7-11/h3-7,9-10H,8H2,1-2H3,(H,13,14). The first-order chi connectivity index (χ1) is 7.11. The van der Waals surface area contributed by atoms with E-state index in [0.717, 1.165) is 5.75 Å². The average Bonchev–Trinajstić information content (AvgIpc) is 2.26. The summed E-state index contributed by atoms with van der Waals surface area (Å²) in [4.78, 5) is 10.7. The molecule has 0 saturated carbocycles. The molecule has 82 valence electrons. The molecule has 15 heavy (non-hydrogen) atoms. The van der Waals surface area contributed by atoms with Gasteiger partial charge in [0.1, 0.15) is 0 Å². The minimum absolute atomic E-state index is 0.141. The van der Waals surface area contributed by atoms with Crippen molar-refractivity contribution in [1.82, 2.24) is 0 Å². The van der Waals surface area contributed by atoms with E-state index in [1.165, 1.54) is 5.56 Å². The largest absolute Gasteiger partial charge is 0.481 e. The van der Waals surface area contributed by atoms with E-state index in [1.54, 1.807) is 18.7 Å². The molecule has 2 unspecified atom stereocenters. The highest BCUT2D eigenvalue weighted by Gasteiger charge is 2.19. The zero-order valence-electron chi connectivity index (χ0n) is 9.01. The molecule has 2 nitrogen and oxygen atoms in total. The molecule has 0 aliphatic carbocycles. The Morgan fingerprint density at radius 1 is 1.33 bits per heavy atom. The van der Waals surface area contributed by atoms with Gasteiger partial charge in [0, 0.05) is 11.0 Å². The van der Waals surface area contributed by atoms with Crippen LogP contribution in [0.1, 0.15) is 19.4 Å². The molecule has 3 heteroatoms. The Bertz CT molecular complexity index is 311. The van der Waals surface area contributed by atoms with Crippen LogP contribution in [0.15, 0.2) is 30.3 Å². The molecule has 0 bridgehead atoms. The molecule has 1 rings (SSSR count). The van der Waals surface area contributed by atoms with E-state index in [-0.39, 0.29) is 11.2 Å². The van der Waals surface area contributed by atoms with Gasteiger partial charge in [-0.25, -0.2) is 0 Å². The molecule has 0 aromatic heterocycles. The predicted octanol–water partition coefficient (Wildman–Crippen LogP) is 3.03. The molecule has 1 N–H and O–H groups in total. The molecule has 1 aromatic rings. The zero-order chi connectivity index (χ0) is 11.3. The van der Waals surface area contributed by atoms with Gasteiger partial charge >= 0.3 is 5.97 Å². The molecular formula is C12H16O2S. The number of rotatable bonds is 5. The van der Waals surface area contributed by atoms with Crippen molar-refractivity contribution in [1.29, 1.82) is 0 Å². The molecule has 0 fully saturated rings. The van der Waals surface area contributed by atoms with Crippen LogP contribution in [-0.4, -0.2) is 16.3 Å². The van der Waals surface area contributed by atoms with Gasteiger partial charge in [-0.1, -0.05) is 44.2 Å². The van der Waals surface area contributed by atoms with Crippen LogP contribution in [0.5, 0.6) is 0 Å². The first-order valence-electron chi connectivity index (χ1n) is 4.99. The van der Waals surface area contributed by atoms with Crippen molar-refractivity contribution in [2.75, 3.05) is 0 Å². The maximum atomic E-state index is 10.7. The van der Waals surface area contributed by atoms with Crippen LogP contribution >= 0.6 is 11.8 Å². The first kappa shape index (κ1) is 12.1. The fourth-order valence-electron chi connectivity index (χ4n) is 1.15. The van der Waals surface area contributed by atoms with Crippen molar-refractivity contribution in [3.8, 4) is 0 Å². The summed E-state index contributed by atoms with van der Waals surface area (Å²) in [7, 11) is 0. The summed E-state index contributed by atoms with van der Waals surface area (Å²) < 4.78 is 0. The molecule has 0 heterocycles. The van der Waals surface area contributed by atoms with Crippen LogP contribution in [0.3, 0.4) is 0 Å². The lowest BCUT2D eigenvalue weighted by Crippen LogP contribution is -2.20. The second-order valence-electron chi connectivity index (χ2n) is 3.63. The number of hydrogen-bond acceptors (Lipinski definition) is 2. The molecule has 1 aromatic carbocycles. The minimum atomic E-state index is -0.719. The smallest absolute Gasteiger partial charge is 0.307 e. The third-order valence-corrected chi connectivity index (χ3v) is 3.88. The molecule has 0 aliphatic heterocycles. The molecule has 2 atom stereocenters. The van der Waals surface area contributed by atoms with Gasteiger partial charge < -0.3 is 5.11 Å². The summed E-state index contributed by atoms with van der Waals surface area (Å²) in [5.74, 6) is -0.138. The highest BCUT2D eigenvalue weighted by molar-refractivity contribution is 7.99. The number of carboxylic acids is 1. The summed E-state index contributed by atoms with van der Waals surface area (Å²) in [5.41, 5.74) is 1.24. The van der Waals surface area contributed by atoms with Gasteiger partial charge in [-0.05, 0) is 5.56 Å². The van der Waals surface area contributed by atoms with Crippen molar-refractivity contribution < 1.29 is 9.90 Å². The lowest BCUT2D eigenvalue weighted by Gasteiger charge is -2.15. The van der Waals surface area contributed by atoms with E-state index in [9.17, 15) is 4.79 Å². The zero-order valence-corrected chi connectivity index (χ0v) is 9.83. The Hall–Kier alpha value is -0.960. The Balaban J connectivity index is 2.41. The lowest BCUT2D eigenvalue weighted by molar-refractivity contribution is -0.140. The Kier molecular flexibility index (Phi) is 4.69. The van der Waals surface area contributed by atoms with Gasteiger partial charge in [-0.3, -0.25) is 4.79 Å². The predicted molar refractivity (Wildman–Crippen MR) is 64.0 cm³/mol. The third-order valence-electron chi connectivity index (χ3n) is 2.45. The molecular weight excluding hydrogens is 208 g/mol. The Labute approximate surface area is 94.7 Å². The van der Waals surface area contributed by atoms with Crippen LogP contribution < -0.4 is 0 Å². The van der Waals surface area contributed by atoms with Gasteiger partial charge in [-0.15, -0.1) is 0 Å². The van der Waals surface area contributed by atoms with Crippen LogP contribution in [0.2, 0.25) is 0 Å². The minimum Gasteiger partial charge on any atom is -0.481 e. The number of carbonyl (C=O) groups is 1. The number of aliphatic carboxylic acids is 1. The maximum Gasteiger partial charge on any atom is 0.307 e. The molecule has 0 aliphatic rings. The molecule has 0 spiro atoms. The van der Waals surface area contributed by atoms with E-state index in [2.05, 4.69) is 12.1 Å². The second kappa shape index (κ2) is 5.81. The van der Waals surface area contributed by atoms with Crippen LogP contribution in [0.4, 0.5) is 0 Å². The Morgan fingerprint density at radius 2 is 1.93 bits per heavy atom. The molecule has 0 amide bonds. The fraction of sp³-hybridized carbons (Fsp3) is 0.417. The van der Waals surface area contributed by atoms with Crippen molar-refractivity contribution >= 4 is 17.7 Å². The van der Waals surface area contributed by atoms with E-state index < -0.39 is 5.97 Å². The normalized spacial score (nSPS) is 14.5. The lowest BCUT2D eigenvalue weighted by atomic mass is 10.1. The van der Waals surface area contributed by atoms with Crippen LogP contribution in [-0.2, 0) is 10.5 Å². The van der Waals surface area contributed by atoms with Crippen LogP contribution in [0.25, 0.3) is 0 Å². The SMILES string of the molecule is CC(SCc1ccccc1)C(C)C(=O)O. The summed E-state index contributed by atoms with van der Waals surface area (Å²) in [6.07, 6.45) is 0. The van der Waals surface area contributed by atoms with E-state index in [0.29, 0.717) is 0 Å². The highest BCUT2D eigenvalue weighted by Crippen LogP contribution is 2.23. The molecule has 0 saturated heterocycles. The van der Waals surface area contributed by atoms with Crippen molar-refractivity contribution in [3.05, 3.63) is 35.9 Å². The summed E-state index contributed by atoms with van der Waals surface area (Å²) >= 11 is 1.69. The van der Waals surface area contributed by atoms with Gasteiger partial charge in [-0.2, -0.15) is 11.8 Å². The first-order valence-corrected chi connectivity index (χ1v) is 6.04. The summed E-state index contributed by atoms with van der Waals surface area (Å²) in [6.45, 7) is 3.72.